The fourth-order valence-corrected chi connectivity index (χ4v) is 3.76. The molecule has 0 aliphatic rings. The van der Waals surface area contributed by atoms with Crippen molar-refractivity contribution in [1.29, 1.82) is 0 Å². The van der Waals surface area contributed by atoms with Crippen molar-refractivity contribution >= 4 is 10.1 Å². The predicted molar refractivity (Wildman–Crippen MR) is 110 cm³/mol. The Kier molecular flexibility index (Phi) is 19.6. The van der Waals surface area contributed by atoms with Crippen LogP contribution in [-0.2, 0) is 14.5 Å². The van der Waals surface area contributed by atoms with E-state index in [0.717, 1.165) is 19.3 Å². The van der Waals surface area contributed by atoms with Gasteiger partial charge >= 0.3 is 0 Å². The van der Waals surface area contributed by atoms with Crippen molar-refractivity contribution in [1.82, 2.24) is 0 Å². The molecule has 0 aromatic heterocycles. The summed E-state index contributed by atoms with van der Waals surface area (Å²) in [5.74, 6) is -0.208. The van der Waals surface area contributed by atoms with E-state index in [1.54, 1.807) is 0 Å². The minimum absolute atomic E-state index is 0.208. The molecule has 0 radical (unpaired) electrons. The second-order valence-electron chi connectivity index (χ2n) is 7.11. The van der Waals surface area contributed by atoms with Gasteiger partial charge in [0.05, 0.1) is 31.9 Å². The summed E-state index contributed by atoms with van der Waals surface area (Å²) in [5.41, 5.74) is 0. The van der Waals surface area contributed by atoms with Gasteiger partial charge in [-0.1, -0.05) is 69.1 Å². The maximum absolute atomic E-state index is 11.5. The maximum atomic E-state index is 11.5. The minimum atomic E-state index is -3.89. The standard InChI is InChI=1S/C12H25FO3S.C8H20N/c1-2-3-4-5-6-7-8-9-10-11-12-17(14,15)16-13;1-5-9(6-2,7-3)8-4/h2-12H2,1H3;5-8H2,1-4H3/q;+1. The van der Waals surface area contributed by atoms with Crippen molar-refractivity contribution in [3.05, 3.63) is 0 Å². The van der Waals surface area contributed by atoms with Crippen LogP contribution < -0.4 is 0 Å². The Morgan fingerprint density at radius 3 is 1.27 bits per heavy atom. The maximum Gasteiger partial charge on any atom is 0.297 e. The van der Waals surface area contributed by atoms with E-state index >= 15 is 0 Å². The first kappa shape index (κ1) is 28.0. The lowest BCUT2D eigenvalue weighted by Gasteiger charge is -2.34. The van der Waals surface area contributed by atoms with Crippen molar-refractivity contribution in [2.24, 2.45) is 0 Å². The highest BCUT2D eigenvalue weighted by Crippen LogP contribution is 2.11. The Morgan fingerprint density at radius 1 is 0.654 bits per heavy atom. The summed E-state index contributed by atoms with van der Waals surface area (Å²) >= 11 is 0. The molecule has 0 fully saturated rings. The van der Waals surface area contributed by atoms with Gasteiger partial charge in [0, 0.05) is 0 Å². The van der Waals surface area contributed by atoms with E-state index in [4.69, 9.17) is 0 Å². The molecule has 26 heavy (non-hydrogen) atoms. The third-order valence-corrected chi connectivity index (χ3v) is 6.51. The van der Waals surface area contributed by atoms with Gasteiger partial charge in [0.25, 0.3) is 10.1 Å². The van der Waals surface area contributed by atoms with Crippen LogP contribution in [0.3, 0.4) is 0 Å². The Balaban J connectivity index is 0. The van der Waals surface area contributed by atoms with E-state index < -0.39 is 10.1 Å². The molecule has 0 amide bonds. The quantitative estimate of drug-likeness (QED) is 0.236. The number of unbranched alkanes of at least 4 members (excludes halogenated alkanes) is 9. The number of rotatable bonds is 16. The normalized spacial score (nSPS) is 11.9. The van der Waals surface area contributed by atoms with Crippen LogP contribution in [0, 0.1) is 0 Å². The lowest BCUT2D eigenvalue weighted by atomic mass is 10.1. The van der Waals surface area contributed by atoms with Gasteiger partial charge in [-0.15, -0.1) is 0 Å². The van der Waals surface area contributed by atoms with E-state index in [0.29, 0.717) is 6.42 Å². The minimum Gasteiger partial charge on any atom is -0.325 e. The molecule has 0 unspecified atom stereocenters. The Morgan fingerprint density at radius 2 is 1.00 bits per heavy atom. The molecular weight excluding hydrogens is 353 g/mol. The highest BCUT2D eigenvalue weighted by atomic mass is 32.2. The van der Waals surface area contributed by atoms with Gasteiger partial charge in [0.15, 0.2) is 0 Å². The smallest absolute Gasteiger partial charge is 0.297 e. The fourth-order valence-electron chi connectivity index (χ4n) is 3.14. The largest absolute Gasteiger partial charge is 0.325 e. The van der Waals surface area contributed by atoms with Gasteiger partial charge in [-0.3, -0.25) is 0 Å². The summed E-state index contributed by atoms with van der Waals surface area (Å²) in [6, 6.07) is 0. The molecule has 0 saturated heterocycles. The molecule has 0 saturated carbocycles. The average molecular weight is 399 g/mol. The zero-order valence-corrected chi connectivity index (χ0v) is 18.9. The summed E-state index contributed by atoms with van der Waals surface area (Å²) in [7, 11) is -3.89. The number of nitrogens with zero attached hydrogens (tertiary/aromatic N) is 1. The first-order valence-electron chi connectivity index (χ1n) is 10.7. The molecule has 0 aliphatic heterocycles. The van der Waals surface area contributed by atoms with E-state index in [1.807, 2.05) is 0 Å². The van der Waals surface area contributed by atoms with E-state index in [-0.39, 0.29) is 5.75 Å². The monoisotopic (exact) mass is 398 g/mol. The van der Waals surface area contributed by atoms with Crippen LogP contribution in [-0.4, -0.2) is 44.8 Å². The zero-order valence-electron chi connectivity index (χ0n) is 18.1. The molecule has 0 rings (SSSR count). The number of quaternary nitrogens is 1. The topological polar surface area (TPSA) is 43.4 Å². The first-order valence-corrected chi connectivity index (χ1v) is 12.3. The molecule has 4 nitrogen and oxygen atoms in total. The fraction of sp³-hybridized carbons (Fsp3) is 1.00. The van der Waals surface area contributed by atoms with Crippen LogP contribution in [0.25, 0.3) is 0 Å². The van der Waals surface area contributed by atoms with E-state index in [1.165, 1.54) is 69.2 Å². The van der Waals surface area contributed by atoms with Crippen LogP contribution >= 0.6 is 0 Å². The van der Waals surface area contributed by atoms with Crippen molar-refractivity contribution in [2.75, 3.05) is 31.9 Å². The third kappa shape index (κ3) is 16.0. The zero-order chi connectivity index (χ0) is 20.3. The van der Waals surface area contributed by atoms with Crippen LogP contribution in [0.2, 0.25) is 0 Å². The van der Waals surface area contributed by atoms with Gasteiger partial charge in [-0.05, 0) is 38.6 Å². The van der Waals surface area contributed by atoms with Gasteiger partial charge in [-0.2, -0.15) is 8.42 Å². The highest BCUT2D eigenvalue weighted by molar-refractivity contribution is 7.86. The summed E-state index contributed by atoms with van der Waals surface area (Å²) in [6.45, 7) is 16.4. The van der Waals surface area contributed by atoms with Crippen molar-refractivity contribution in [3.63, 3.8) is 0 Å². The van der Waals surface area contributed by atoms with Crippen molar-refractivity contribution < 1.29 is 21.8 Å². The molecule has 0 heterocycles. The molecular formula is C20H45FNO3S+. The molecule has 0 aliphatic carbocycles. The average Bonchev–Trinajstić information content (AvgIpc) is 2.66. The number of halogens is 1. The molecule has 0 bridgehead atoms. The molecule has 0 N–H and O–H groups in total. The predicted octanol–water partition coefficient (Wildman–Crippen LogP) is 6.02. The molecule has 0 aromatic carbocycles. The molecule has 6 heteroatoms. The van der Waals surface area contributed by atoms with Crippen LogP contribution in [0.15, 0.2) is 0 Å². The van der Waals surface area contributed by atoms with Gasteiger partial charge in [0.2, 0.25) is 0 Å². The SMILES string of the molecule is CCCCCCCCCCCCS(=O)(=O)OF.CC[N+](CC)(CC)CC. The summed E-state index contributed by atoms with van der Waals surface area (Å²) in [4.78, 5) is 0. The van der Waals surface area contributed by atoms with Crippen molar-refractivity contribution in [3.8, 4) is 0 Å². The van der Waals surface area contributed by atoms with Crippen molar-refractivity contribution in [2.45, 2.75) is 98.8 Å². The summed E-state index contributed by atoms with van der Waals surface area (Å²) < 4.78 is 36.9. The summed E-state index contributed by atoms with van der Waals surface area (Å²) in [5, 5.41) is 0. The Hall–Kier alpha value is -0.200. The Labute approximate surface area is 163 Å². The molecule has 160 valence electrons. The molecule has 0 spiro atoms. The van der Waals surface area contributed by atoms with Gasteiger partial charge in [0.1, 0.15) is 0 Å². The van der Waals surface area contributed by atoms with Crippen LogP contribution in [0.4, 0.5) is 4.53 Å². The molecule has 0 aromatic rings. The van der Waals surface area contributed by atoms with Gasteiger partial charge < -0.3 is 4.48 Å². The van der Waals surface area contributed by atoms with Crippen LogP contribution in [0.1, 0.15) is 98.8 Å². The lowest BCUT2D eigenvalue weighted by Crippen LogP contribution is -2.47. The van der Waals surface area contributed by atoms with E-state index in [9.17, 15) is 12.9 Å². The Bertz CT molecular complexity index is 367. The highest BCUT2D eigenvalue weighted by Gasteiger charge is 2.16. The lowest BCUT2D eigenvalue weighted by molar-refractivity contribution is -0.921. The number of hydrogen-bond donors (Lipinski definition) is 0. The van der Waals surface area contributed by atoms with Crippen LogP contribution in [0.5, 0.6) is 0 Å². The summed E-state index contributed by atoms with van der Waals surface area (Å²) in [6.07, 6.45) is 11.2. The third-order valence-electron chi connectivity index (χ3n) is 5.53. The first-order chi connectivity index (χ1) is 12.4. The second kappa shape index (κ2) is 18.2. The number of hydrogen-bond acceptors (Lipinski definition) is 3. The van der Waals surface area contributed by atoms with Gasteiger partial charge in [-0.25, -0.2) is 0 Å². The second-order valence-corrected chi connectivity index (χ2v) is 8.76. The van der Waals surface area contributed by atoms with E-state index in [2.05, 4.69) is 39.0 Å². The molecule has 0 atom stereocenters.